The van der Waals surface area contributed by atoms with Crippen LogP contribution in [0.15, 0.2) is 6.07 Å². The Morgan fingerprint density at radius 2 is 2.07 bits per heavy atom. The van der Waals surface area contributed by atoms with Crippen LogP contribution in [0.4, 0.5) is 5.69 Å². The molecule has 0 fully saturated rings. The molecular formula is C8H8Cl2N2O2. The van der Waals surface area contributed by atoms with E-state index in [0.717, 1.165) is 0 Å². The lowest BCUT2D eigenvalue weighted by molar-refractivity contribution is 0.403. The molecule has 0 amide bonds. The van der Waals surface area contributed by atoms with E-state index in [-0.39, 0.29) is 16.5 Å². The summed E-state index contributed by atoms with van der Waals surface area (Å²) in [6, 6.07) is 0.851. The molecule has 6 heteroatoms. The molecule has 0 aliphatic carbocycles. The van der Waals surface area contributed by atoms with Crippen LogP contribution in [0.1, 0.15) is 11.6 Å². The molecule has 0 bridgehead atoms. The zero-order valence-corrected chi connectivity index (χ0v) is 8.47. The first-order chi connectivity index (χ1) is 6.52. The summed E-state index contributed by atoms with van der Waals surface area (Å²) in [7, 11) is 0. The van der Waals surface area contributed by atoms with Gasteiger partial charge in [0.05, 0.1) is 11.1 Å². The smallest absolute Gasteiger partial charge is 0.176 e. The molecular weight excluding hydrogens is 227 g/mol. The van der Waals surface area contributed by atoms with E-state index in [4.69, 9.17) is 28.9 Å². The molecule has 1 aliphatic heterocycles. The minimum atomic E-state index is -0.495. The first kappa shape index (κ1) is 9.71. The van der Waals surface area contributed by atoms with Gasteiger partial charge in [0, 0.05) is 17.3 Å². The molecule has 1 aliphatic rings. The molecule has 0 aromatic heterocycles. The van der Waals surface area contributed by atoms with Crippen molar-refractivity contribution in [2.75, 3.05) is 5.32 Å². The van der Waals surface area contributed by atoms with Crippen molar-refractivity contribution in [2.45, 2.75) is 11.5 Å². The highest BCUT2D eigenvalue weighted by atomic mass is 35.5. The summed E-state index contributed by atoms with van der Waals surface area (Å²) in [5.41, 5.74) is 6.34. The van der Waals surface area contributed by atoms with E-state index in [1.54, 1.807) is 0 Å². The van der Waals surface area contributed by atoms with Crippen LogP contribution in [-0.2, 0) is 0 Å². The van der Waals surface area contributed by atoms with Gasteiger partial charge in [0.2, 0.25) is 0 Å². The van der Waals surface area contributed by atoms with E-state index < -0.39 is 11.5 Å². The number of anilines is 1. The lowest BCUT2D eigenvalue weighted by Gasteiger charge is -2.09. The number of hydrogen-bond donors (Lipinski definition) is 4. The van der Waals surface area contributed by atoms with Crippen molar-refractivity contribution in [1.82, 2.24) is 0 Å². The largest absolute Gasteiger partial charge is 0.504 e. The Hall–Kier alpha value is -0.840. The molecule has 14 heavy (non-hydrogen) atoms. The number of hydrogen-bond acceptors (Lipinski definition) is 4. The van der Waals surface area contributed by atoms with E-state index in [9.17, 15) is 10.2 Å². The Morgan fingerprint density at radius 3 is 2.71 bits per heavy atom. The van der Waals surface area contributed by atoms with E-state index >= 15 is 0 Å². The SMILES string of the molecule is NC1c2c(cc(O)c(O)c2Cl)NC1Cl. The van der Waals surface area contributed by atoms with Gasteiger partial charge in [-0.3, -0.25) is 0 Å². The Balaban J connectivity index is 2.65. The van der Waals surface area contributed by atoms with Gasteiger partial charge in [-0.1, -0.05) is 23.2 Å². The highest BCUT2D eigenvalue weighted by molar-refractivity contribution is 6.34. The molecule has 0 radical (unpaired) electrons. The summed E-state index contributed by atoms with van der Waals surface area (Å²) in [5.74, 6) is -0.660. The lowest BCUT2D eigenvalue weighted by Crippen LogP contribution is -2.20. The molecule has 5 N–H and O–H groups in total. The molecule has 0 spiro atoms. The monoisotopic (exact) mass is 234 g/mol. The number of phenolic OH excluding ortho intramolecular Hbond substituents is 2. The Kier molecular flexibility index (Phi) is 2.14. The molecule has 2 unspecified atom stereocenters. The summed E-state index contributed by atoms with van der Waals surface area (Å²) < 4.78 is 0. The maximum Gasteiger partial charge on any atom is 0.176 e. The van der Waals surface area contributed by atoms with Gasteiger partial charge in [-0.2, -0.15) is 0 Å². The topological polar surface area (TPSA) is 78.5 Å². The van der Waals surface area contributed by atoms with Crippen molar-refractivity contribution >= 4 is 28.9 Å². The third-order valence-corrected chi connectivity index (χ3v) is 2.96. The highest BCUT2D eigenvalue weighted by Gasteiger charge is 2.32. The quantitative estimate of drug-likeness (QED) is 0.239. The molecule has 2 atom stereocenters. The molecule has 2 rings (SSSR count). The van der Waals surface area contributed by atoms with Gasteiger partial charge in [0.1, 0.15) is 5.50 Å². The number of nitrogens with one attached hydrogen (secondary N) is 1. The van der Waals surface area contributed by atoms with E-state index in [0.29, 0.717) is 11.3 Å². The van der Waals surface area contributed by atoms with Crippen LogP contribution in [0.2, 0.25) is 5.02 Å². The van der Waals surface area contributed by atoms with Gasteiger partial charge in [-0.05, 0) is 0 Å². The van der Waals surface area contributed by atoms with Crippen molar-refractivity contribution in [1.29, 1.82) is 0 Å². The second kappa shape index (κ2) is 3.08. The predicted molar refractivity (Wildman–Crippen MR) is 55.0 cm³/mol. The number of nitrogens with two attached hydrogens (primary N) is 1. The van der Waals surface area contributed by atoms with Crippen molar-refractivity contribution in [3.8, 4) is 11.5 Å². The maximum absolute atomic E-state index is 9.37. The number of phenols is 2. The number of rotatable bonds is 0. The summed E-state index contributed by atoms with van der Waals surface area (Å²) in [4.78, 5) is 0. The standard InChI is InChI=1S/C8H8Cl2N2O2/c9-5-4-2(1-3(13)7(5)14)12-8(10)6(4)11/h1,6,8,12-14H,11H2. The fourth-order valence-electron chi connectivity index (χ4n) is 1.47. The molecule has 0 saturated carbocycles. The first-order valence-electron chi connectivity index (χ1n) is 3.93. The number of benzene rings is 1. The molecule has 76 valence electrons. The Labute approximate surface area is 90.2 Å². The van der Waals surface area contributed by atoms with Crippen LogP contribution in [0.5, 0.6) is 11.5 Å². The Bertz CT molecular complexity index is 397. The zero-order valence-electron chi connectivity index (χ0n) is 6.96. The molecule has 4 nitrogen and oxygen atoms in total. The number of aromatic hydroxyl groups is 2. The van der Waals surface area contributed by atoms with Crippen LogP contribution in [0.3, 0.4) is 0 Å². The average molecular weight is 235 g/mol. The highest BCUT2D eigenvalue weighted by Crippen LogP contribution is 2.47. The number of alkyl halides is 1. The first-order valence-corrected chi connectivity index (χ1v) is 4.74. The summed E-state index contributed by atoms with van der Waals surface area (Å²) in [6.45, 7) is 0. The normalized spacial score (nSPS) is 24.5. The van der Waals surface area contributed by atoms with Crippen LogP contribution >= 0.6 is 23.2 Å². The fraction of sp³-hybridized carbons (Fsp3) is 0.250. The van der Waals surface area contributed by atoms with Crippen molar-refractivity contribution in [3.63, 3.8) is 0 Å². The lowest BCUT2D eigenvalue weighted by atomic mass is 10.1. The summed E-state index contributed by atoms with van der Waals surface area (Å²) in [6.07, 6.45) is 0. The van der Waals surface area contributed by atoms with Gasteiger partial charge in [0.25, 0.3) is 0 Å². The third kappa shape index (κ3) is 1.19. The van der Waals surface area contributed by atoms with E-state index in [1.165, 1.54) is 6.07 Å². The van der Waals surface area contributed by atoms with E-state index in [2.05, 4.69) is 5.32 Å². The van der Waals surface area contributed by atoms with Gasteiger partial charge in [-0.25, -0.2) is 0 Å². The minimum absolute atomic E-state index is 0.0446. The van der Waals surface area contributed by atoms with Crippen LogP contribution < -0.4 is 11.1 Å². The summed E-state index contributed by atoms with van der Waals surface area (Å²) >= 11 is 11.7. The molecule has 1 aromatic rings. The van der Waals surface area contributed by atoms with Crippen molar-refractivity contribution in [2.24, 2.45) is 5.73 Å². The second-order valence-electron chi connectivity index (χ2n) is 3.09. The van der Waals surface area contributed by atoms with Crippen molar-refractivity contribution in [3.05, 3.63) is 16.7 Å². The molecule has 0 saturated heterocycles. The van der Waals surface area contributed by atoms with Gasteiger partial charge in [0.15, 0.2) is 11.5 Å². The fourth-order valence-corrected chi connectivity index (χ4v) is 2.04. The summed E-state index contributed by atoms with van der Waals surface area (Å²) in [5, 5.41) is 21.5. The Morgan fingerprint density at radius 1 is 1.43 bits per heavy atom. The van der Waals surface area contributed by atoms with Gasteiger partial charge in [-0.15, -0.1) is 0 Å². The van der Waals surface area contributed by atoms with E-state index in [1.807, 2.05) is 0 Å². The van der Waals surface area contributed by atoms with Crippen LogP contribution in [0.25, 0.3) is 0 Å². The average Bonchev–Trinajstić information content (AvgIpc) is 2.39. The van der Waals surface area contributed by atoms with Crippen LogP contribution in [0, 0.1) is 0 Å². The van der Waals surface area contributed by atoms with Crippen LogP contribution in [-0.4, -0.2) is 15.7 Å². The second-order valence-corrected chi connectivity index (χ2v) is 3.94. The van der Waals surface area contributed by atoms with Gasteiger partial charge < -0.3 is 21.3 Å². The molecule has 1 heterocycles. The van der Waals surface area contributed by atoms with Crippen molar-refractivity contribution < 1.29 is 10.2 Å². The molecule has 1 aromatic carbocycles. The zero-order chi connectivity index (χ0) is 10.5. The minimum Gasteiger partial charge on any atom is -0.504 e. The predicted octanol–water partition coefficient (Wildman–Crippen LogP) is 1.74. The number of fused-ring (bicyclic) bond motifs is 1. The maximum atomic E-state index is 9.37. The third-order valence-electron chi connectivity index (χ3n) is 2.20. The number of halogens is 2. The van der Waals surface area contributed by atoms with Gasteiger partial charge >= 0.3 is 0 Å².